The molecule has 2 amide bonds. The standard InChI is InChI=1S/C34H42ClN11O5/c1-37-33(49)30-26(42-43-36)29(48)34(51-30)46-17-41-27-31(39-16-40-32(27)46)38-14-22-13-23(35)2-3-24(22)50-15-25(47)44-4-6-45(7-5-44)28-20-9-18-8-19(11-20)12-21(28)10-18/h2-3,13,16-21,26,28-30,34,48H,4-12,14-15H2,1H3,(H,37,49)(H,38,39,40)/t18?,19?,20?,21?,26-,28?,29+,30-,34+/m0/s1. The smallest absolute Gasteiger partial charge is 0.260 e. The Kier molecular flexibility index (Phi) is 9.36. The van der Waals surface area contributed by atoms with E-state index in [0.29, 0.717) is 39.4 Å². The van der Waals surface area contributed by atoms with Gasteiger partial charge in [0.05, 0.1) is 6.33 Å². The Morgan fingerprint density at radius 2 is 1.84 bits per heavy atom. The molecule has 9 rings (SSSR count). The number of imidazole rings is 1. The van der Waals surface area contributed by atoms with Gasteiger partial charge in [-0.15, -0.1) is 0 Å². The minimum atomic E-state index is -1.34. The third-order valence-electron chi connectivity index (χ3n) is 11.6. The van der Waals surface area contributed by atoms with Gasteiger partial charge in [-0.25, -0.2) is 15.0 Å². The summed E-state index contributed by atoms with van der Waals surface area (Å²) in [6.07, 6.45) is 6.16. The summed E-state index contributed by atoms with van der Waals surface area (Å²) in [5.41, 5.74) is 10.4. The van der Waals surface area contributed by atoms with Gasteiger partial charge in [0.15, 0.2) is 29.8 Å². The number of hydrogen-bond acceptors (Lipinski definition) is 11. The van der Waals surface area contributed by atoms with Crippen molar-refractivity contribution in [3.63, 3.8) is 0 Å². The van der Waals surface area contributed by atoms with Crippen LogP contribution in [0.2, 0.25) is 5.02 Å². The van der Waals surface area contributed by atoms with Crippen molar-refractivity contribution in [3.8, 4) is 5.75 Å². The summed E-state index contributed by atoms with van der Waals surface area (Å²) in [5, 5.41) is 20.8. The van der Waals surface area contributed by atoms with Crippen LogP contribution in [0, 0.1) is 23.7 Å². The first-order chi connectivity index (χ1) is 24.8. The second kappa shape index (κ2) is 14.1. The van der Waals surface area contributed by atoms with Crippen molar-refractivity contribution in [1.29, 1.82) is 0 Å². The third kappa shape index (κ3) is 6.44. The van der Waals surface area contributed by atoms with Gasteiger partial charge in [-0.05, 0) is 79.5 Å². The Bertz CT molecular complexity index is 1820. The highest BCUT2D eigenvalue weighted by Gasteiger charge is 2.51. The number of anilines is 1. The maximum atomic E-state index is 13.3. The van der Waals surface area contributed by atoms with Crippen molar-refractivity contribution in [2.24, 2.45) is 28.8 Å². The summed E-state index contributed by atoms with van der Waals surface area (Å²) in [6.45, 7) is 3.45. The summed E-state index contributed by atoms with van der Waals surface area (Å²) in [7, 11) is 1.43. The number of benzene rings is 1. The predicted octanol–water partition coefficient (Wildman–Crippen LogP) is 3.12. The summed E-state index contributed by atoms with van der Waals surface area (Å²) in [6, 6.07) is 4.79. The van der Waals surface area contributed by atoms with E-state index in [0.717, 1.165) is 49.9 Å². The van der Waals surface area contributed by atoms with Crippen molar-refractivity contribution in [1.82, 2.24) is 34.6 Å². The van der Waals surface area contributed by atoms with Crippen molar-refractivity contribution in [3.05, 3.63) is 51.9 Å². The molecule has 0 unspecified atom stereocenters. The number of likely N-dealkylation sites (N-methyl/N-ethyl adjacent to an activating group) is 1. The summed E-state index contributed by atoms with van der Waals surface area (Å²) < 4.78 is 13.4. The van der Waals surface area contributed by atoms with Crippen LogP contribution in [0.3, 0.4) is 0 Å². The lowest BCUT2D eigenvalue weighted by atomic mass is 9.54. The minimum Gasteiger partial charge on any atom is -0.483 e. The molecule has 0 spiro atoms. The number of aromatic nitrogens is 4. The van der Waals surface area contributed by atoms with E-state index in [4.69, 9.17) is 26.6 Å². The van der Waals surface area contributed by atoms with Crippen LogP contribution < -0.4 is 15.4 Å². The number of piperazine rings is 1. The number of nitrogens with zero attached hydrogens (tertiary/aromatic N) is 9. The molecule has 4 saturated carbocycles. The highest BCUT2D eigenvalue weighted by molar-refractivity contribution is 6.30. The number of aliphatic hydroxyl groups excluding tert-OH is 1. The van der Waals surface area contributed by atoms with Crippen molar-refractivity contribution >= 4 is 40.4 Å². The molecule has 6 aliphatic rings. The first kappa shape index (κ1) is 33.9. The van der Waals surface area contributed by atoms with E-state index >= 15 is 0 Å². The third-order valence-corrected chi connectivity index (χ3v) is 11.9. The molecule has 270 valence electrons. The van der Waals surface area contributed by atoms with Gasteiger partial charge in [0.25, 0.3) is 5.91 Å². The van der Waals surface area contributed by atoms with Gasteiger partial charge in [0.1, 0.15) is 30.3 Å². The van der Waals surface area contributed by atoms with E-state index in [1.807, 2.05) is 4.90 Å². The maximum Gasteiger partial charge on any atom is 0.260 e. The Morgan fingerprint density at radius 3 is 2.55 bits per heavy atom. The summed E-state index contributed by atoms with van der Waals surface area (Å²) >= 11 is 6.37. The van der Waals surface area contributed by atoms with Crippen molar-refractivity contribution in [2.75, 3.05) is 45.2 Å². The Hall–Kier alpha value is -4.21. The fourth-order valence-corrected chi connectivity index (χ4v) is 9.80. The zero-order valence-corrected chi connectivity index (χ0v) is 29.1. The van der Waals surface area contributed by atoms with Crippen LogP contribution in [-0.2, 0) is 20.9 Å². The molecule has 4 bridgehead atoms. The largest absolute Gasteiger partial charge is 0.483 e. The molecular weight excluding hydrogens is 678 g/mol. The highest BCUT2D eigenvalue weighted by Crippen LogP contribution is 2.55. The topological polar surface area (TPSA) is 196 Å². The number of carbonyl (C=O) groups excluding carboxylic acids is 2. The lowest BCUT2D eigenvalue weighted by Crippen LogP contribution is -2.60. The van der Waals surface area contributed by atoms with E-state index < -0.39 is 30.4 Å². The molecule has 3 N–H and O–H groups in total. The summed E-state index contributed by atoms with van der Waals surface area (Å²) in [4.78, 5) is 46.2. The van der Waals surface area contributed by atoms with Gasteiger partial charge in [0, 0.05) is 61.3 Å². The molecule has 1 aromatic carbocycles. The fourth-order valence-electron chi connectivity index (χ4n) is 9.60. The number of amides is 2. The molecule has 6 fully saturated rings. The minimum absolute atomic E-state index is 0.0330. The van der Waals surface area contributed by atoms with Crippen LogP contribution in [0.25, 0.3) is 21.6 Å². The van der Waals surface area contributed by atoms with E-state index in [9.17, 15) is 14.7 Å². The fraction of sp³-hybridized carbons (Fsp3) is 0.618. The number of hydrogen-bond donors (Lipinski definition) is 3. The van der Waals surface area contributed by atoms with Gasteiger partial charge in [-0.1, -0.05) is 16.7 Å². The first-order valence-corrected chi connectivity index (χ1v) is 18.1. The molecular formula is C34H42ClN11O5. The molecule has 2 saturated heterocycles. The van der Waals surface area contributed by atoms with Crippen LogP contribution >= 0.6 is 11.6 Å². The van der Waals surface area contributed by atoms with Gasteiger partial charge in [-0.3, -0.25) is 19.1 Å². The van der Waals surface area contributed by atoms with Crippen LogP contribution in [0.15, 0.2) is 36.0 Å². The molecule has 2 aromatic heterocycles. The number of ether oxygens (including phenoxy) is 2. The van der Waals surface area contributed by atoms with E-state index in [2.05, 4.69) is 40.5 Å². The molecule has 51 heavy (non-hydrogen) atoms. The van der Waals surface area contributed by atoms with Gasteiger partial charge >= 0.3 is 0 Å². The van der Waals surface area contributed by atoms with E-state index in [-0.39, 0.29) is 19.1 Å². The highest BCUT2D eigenvalue weighted by atomic mass is 35.5. The van der Waals surface area contributed by atoms with Crippen LogP contribution in [0.1, 0.15) is 43.9 Å². The molecule has 17 heteroatoms. The van der Waals surface area contributed by atoms with Crippen LogP contribution in [0.5, 0.6) is 5.75 Å². The second-order valence-corrected chi connectivity index (χ2v) is 15.0. The molecule has 4 aliphatic carbocycles. The Balaban J connectivity index is 0.898. The molecule has 4 heterocycles. The van der Waals surface area contributed by atoms with Gasteiger partial charge in [-0.2, -0.15) is 0 Å². The number of carbonyl (C=O) groups is 2. The average molecular weight is 720 g/mol. The SMILES string of the molecule is CNC(=O)[C@H]1O[C@@H](n2cnc3c(NCc4cc(Cl)ccc4OCC(=O)N4CCN(C5C6CC7CC(C6)CC5C7)CC4)ncnc32)[C@H](O)[C@@H]1N=[N+]=[N-]. The Morgan fingerprint density at radius 1 is 1.10 bits per heavy atom. The number of rotatable bonds is 10. The number of halogens is 1. The van der Waals surface area contributed by atoms with Crippen molar-refractivity contribution < 1.29 is 24.2 Å². The zero-order valence-electron chi connectivity index (χ0n) is 28.3. The lowest BCUT2D eigenvalue weighted by Gasteiger charge is -2.58. The second-order valence-electron chi connectivity index (χ2n) is 14.5. The molecule has 2 aliphatic heterocycles. The van der Waals surface area contributed by atoms with Crippen LogP contribution in [0.4, 0.5) is 5.82 Å². The lowest BCUT2D eigenvalue weighted by molar-refractivity contribution is -0.137. The number of nitrogens with one attached hydrogen (secondary N) is 2. The van der Waals surface area contributed by atoms with E-state index in [1.54, 1.807) is 18.2 Å². The molecule has 4 atom stereocenters. The number of aliphatic hydroxyl groups is 1. The quantitative estimate of drug-likeness (QED) is 0.159. The predicted molar refractivity (Wildman–Crippen MR) is 186 cm³/mol. The van der Waals surface area contributed by atoms with Gasteiger partial charge < -0.3 is 30.1 Å². The van der Waals surface area contributed by atoms with E-state index in [1.165, 1.54) is 56.4 Å². The molecule has 0 radical (unpaired) electrons. The number of fused-ring (bicyclic) bond motifs is 1. The molecule has 3 aromatic rings. The summed E-state index contributed by atoms with van der Waals surface area (Å²) in [5.74, 6) is 3.93. The molecule has 16 nitrogen and oxygen atoms in total. The van der Waals surface area contributed by atoms with Gasteiger partial charge in [0.2, 0.25) is 5.91 Å². The maximum absolute atomic E-state index is 13.3. The van der Waals surface area contributed by atoms with Crippen LogP contribution in [-0.4, -0.2) is 110 Å². The number of azide groups is 1. The average Bonchev–Trinajstić information content (AvgIpc) is 3.70. The first-order valence-electron chi connectivity index (χ1n) is 17.7. The van der Waals surface area contributed by atoms with Crippen molar-refractivity contribution in [2.45, 2.75) is 69.2 Å². The monoisotopic (exact) mass is 719 g/mol. The Labute approximate surface area is 299 Å². The normalized spacial score (nSPS) is 31.4. The zero-order chi connectivity index (χ0) is 35.2.